The first-order chi connectivity index (χ1) is 12.8. The van der Waals surface area contributed by atoms with E-state index < -0.39 is 9.84 Å². The maximum Gasteiger partial charge on any atom is 0.182 e. The average Bonchev–Trinajstić information content (AvgIpc) is 2.61. The van der Waals surface area contributed by atoms with Gasteiger partial charge >= 0.3 is 0 Å². The lowest BCUT2D eigenvalue weighted by molar-refractivity contribution is 0.509. The van der Waals surface area contributed by atoms with E-state index in [2.05, 4.69) is 11.6 Å². The van der Waals surface area contributed by atoms with Gasteiger partial charge in [0.2, 0.25) is 0 Å². The van der Waals surface area contributed by atoms with Gasteiger partial charge in [0, 0.05) is 21.8 Å². The third-order valence-corrected chi connectivity index (χ3v) is 5.97. The van der Waals surface area contributed by atoms with Crippen LogP contribution >= 0.6 is 23.2 Å². The van der Waals surface area contributed by atoms with Crippen molar-refractivity contribution in [3.63, 3.8) is 0 Å². The summed E-state index contributed by atoms with van der Waals surface area (Å²) in [7, 11) is -3.77. The van der Waals surface area contributed by atoms with Crippen molar-refractivity contribution in [2.24, 2.45) is 0 Å². The number of pyridine rings is 1. The van der Waals surface area contributed by atoms with Crippen LogP contribution in [-0.4, -0.2) is 18.5 Å². The number of halogens is 2. The molecule has 2 aromatic carbocycles. The second-order valence-corrected chi connectivity index (χ2v) is 8.77. The third-order valence-electron chi connectivity index (χ3n) is 3.89. The van der Waals surface area contributed by atoms with Gasteiger partial charge in [0.05, 0.1) is 10.6 Å². The summed E-state index contributed by atoms with van der Waals surface area (Å²) < 4.78 is 25.7. The molecule has 1 heterocycles. The Morgan fingerprint density at radius 2 is 1.63 bits per heavy atom. The summed E-state index contributed by atoms with van der Waals surface area (Å²) >= 11 is 11.9. The Kier molecular flexibility index (Phi) is 5.56. The molecule has 0 fully saturated rings. The van der Waals surface area contributed by atoms with Gasteiger partial charge in [-0.05, 0) is 35.4 Å². The Balaban J connectivity index is 2.07. The molecule has 0 spiro atoms. The topological polar surface area (TPSA) is 67.3 Å². The average molecular weight is 420 g/mol. The van der Waals surface area contributed by atoms with Gasteiger partial charge in [-0.1, -0.05) is 60.1 Å². The lowest BCUT2D eigenvalue weighted by Crippen LogP contribution is -2.08. The number of sulfone groups is 1. The molecule has 0 atom stereocenters. The van der Waals surface area contributed by atoms with Crippen molar-refractivity contribution in [2.45, 2.75) is 10.6 Å². The molecule has 0 aliphatic carbocycles. The molecule has 138 valence electrons. The molecule has 0 saturated carbocycles. The molecule has 1 aromatic heterocycles. The normalized spacial score (nSPS) is 11.3. The van der Waals surface area contributed by atoms with E-state index in [1.165, 1.54) is 18.2 Å². The lowest BCUT2D eigenvalue weighted by Gasteiger charge is -2.12. The first-order valence-electron chi connectivity index (χ1n) is 7.88. The Labute approximate surface area is 167 Å². The van der Waals surface area contributed by atoms with Crippen molar-refractivity contribution in [1.82, 2.24) is 4.98 Å². The number of hydrogen-bond acceptors (Lipinski definition) is 4. The van der Waals surface area contributed by atoms with Crippen LogP contribution in [0.2, 0.25) is 10.0 Å². The molecule has 0 aliphatic rings. The van der Waals surface area contributed by atoms with E-state index >= 15 is 0 Å². The first-order valence-corrected chi connectivity index (χ1v) is 10.3. The van der Waals surface area contributed by atoms with Crippen molar-refractivity contribution in [3.05, 3.63) is 88.7 Å². The Morgan fingerprint density at radius 1 is 1.00 bits per heavy atom. The number of aliphatic hydroxyl groups excluding tert-OH is 1. The van der Waals surface area contributed by atoms with Crippen LogP contribution in [0.5, 0.6) is 0 Å². The molecule has 0 amide bonds. The molecule has 1 N–H and O–H groups in total. The van der Waals surface area contributed by atoms with E-state index in [0.717, 1.165) is 11.1 Å². The van der Waals surface area contributed by atoms with Crippen LogP contribution in [0.25, 0.3) is 16.9 Å². The monoisotopic (exact) mass is 419 g/mol. The molecule has 4 nitrogen and oxygen atoms in total. The maximum absolute atomic E-state index is 12.9. The summed E-state index contributed by atoms with van der Waals surface area (Å²) in [6, 6.07) is 15.2. The highest BCUT2D eigenvalue weighted by Crippen LogP contribution is 2.28. The Hall–Kier alpha value is -2.34. The van der Waals surface area contributed by atoms with E-state index in [1.54, 1.807) is 12.3 Å². The predicted octanol–water partition coefficient (Wildman–Crippen LogP) is 5.56. The fourth-order valence-electron chi connectivity index (χ4n) is 2.66. The highest BCUT2D eigenvalue weighted by atomic mass is 35.5. The summed E-state index contributed by atoms with van der Waals surface area (Å²) in [5, 5.41) is 10.3. The molecule has 27 heavy (non-hydrogen) atoms. The minimum absolute atomic E-state index is 0.000355. The molecule has 0 unspecified atom stereocenters. The molecule has 0 bridgehead atoms. The molecular weight excluding hydrogens is 405 g/mol. The van der Waals surface area contributed by atoms with Gasteiger partial charge in [0.25, 0.3) is 0 Å². The Bertz CT molecular complexity index is 1090. The SMILES string of the molecule is C=C(O)c1ncc(-c2ccccc2)cc1CS(=O)(=O)c1cc(Cl)cc(Cl)c1. The second kappa shape index (κ2) is 7.72. The van der Waals surface area contributed by atoms with Crippen LogP contribution in [-0.2, 0) is 15.6 Å². The molecule has 0 saturated heterocycles. The summed E-state index contributed by atoms with van der Waals surface area (Å²) in [6.45, 7) is 3.48. The van der Waals surface area contributed by atoms with Crippen molar-refractivity contribution < 1.29 is 13.5 Å². The van der Waals surface area contributed by atoms with E-state index in [0.29, 0.717) is 5.56 Å². The Morgan fingerprint density at radius 3 is 2.22 bits per heavy atom. The van der Waals surface area contributed by atoms with Crippen molar-refractivity contribution >= 4 is 38.8 Å². The zero-order valence-corrected chi connectivity index (χ0v) is 16.4. The summed E-state index contributed by atoms with van der Waals surface area (Å²) in [6.07, 6.45) is 1.57. The van der Waals surface area contributed by atoms with Gasteiger partial charge in [-0.25, -0.2) is 8.42 Å². The van der Waals surface area contributed by atoms with Crippen molar-refractivity contribution in [3.8, 4) is 11.1 Å². The third kappa shape index (κ3) is 4.50. The molecule has 7 heteroatoms. The van der Waals surface area contributed by atoms with Gasteiger partial charge in [-0.2, -0.15) is 0 Å². The fourth-order valence-corrected chi connectivity index (χ4v) is 4.73. The number of rotatable bonds is 5. The van der Waals surface area contributed by atoms with Gasteiger partial charge in [0.1, 0.15) is 11.5 Å². The molecule has 0 aliphatic heterocycles. The lowest BCUT2D eigenvalue weighted by atomic mass is 10.0. The van der Waals surface area contributed by atoms with E-state index in [-0.39, 0.29) is 32.1 Å². The highest BCUT2D eigenvalue weighted by molar-refractivity contribution is 7.90. The molecule has 3 rings (SSSR count). The fraction of sp³-hybridized carbons (Fsp3) is 0.0500. The minimum atomic E-state index is -3.77. The first kappa shape index (κ1) is 19.4. The molecule has 3 aromatic rings. The smallest absolute Gasteiger partial charge is 0.182 e. The number of aliphatic hydroxyl groups is 1. The molecular formula is C20H15Cl2NO3S. The zero-order valence-electron chi connectivity index (χ0n) is 14.1. The largest absolute Gasteiger partial charge is 0.506 e. The van der Waals surface area contributed by atoms with Crippen molar-refractivity contribution in [1.29, 1.82) is 0 Å². The zero-order chi connectivity index (χ0) is 19.6. The number of hydrogen-bond donors (Lipinski definition) is 1. The summed E-state index contributed by atoms with van der Waals surface area (Å²) in [5.74, 6) is -0.685. The van der Waals surface area contributed by atoms with Gasteiger partial charge < -0.3 is 5.11 Å². The van der Waals surface area contributed by atoms with E-state index in [1.807, 2.05) is 30.3 Å². The molecule has 0 radical (unpaired) electrons. The summed E-state index contributed by atoms with van der Waals surface area (Å²) in [5.41, 5.74) is 2.07. The van der Waals surface area contributed by atoms with Crippen LogP contribution < -0.4 is 0 Å². The van der Waals surface area contributed by atoms with Crippen LogP contribution in [0.1, 0.15) is 11.3 Å². The second-order valence-electron chi connectivity index (χ2n) is 5.91. The van der Waals surface area contributed by atoms with Crippen LogP contribution in [0.15, 0.2) is 72.3 Å². The van der Waals surface area contributed by atoms with E-state index in [9.17, 15) is 13.5 Å². The highest BCUT2D eigenvalue weighted by Gasteiger charge is 2.21. The van der Waals surface area contributed by atoms with E-state index in [4.69, 9.17) is 23.2 Å². The van der Waals surface area contributed by atoms with Crippen molar-refractivity contribution in [2.75, 3.05) is 0 Å². The van der Waals surface area contributed by atoms with Gasteiger partial charge in [-0.3, -0.25) is 4.98 Å². The maximum atomic E-state index is 12.9. The minimum Gasteiger partial charge on any atom is -0.506 e. The number of nitrogens with zero attached hydrogens (tertiary/aromatic N) is 1. The predicted molar refractivity (Wildman–Crippen MR) is 109 cm³/mol. The van der Waals surface area contributed by atoms with Gasteiger partial charge in [0.15, 0.2) is 9.84 Å². The standard InChI is InChI=1S/C20H15Cl2NO3S/c1-13(24)20-16(7-15(11-23-20)14-5-3-2-4-6-14)12-27(25,26)19-9-17(21)8-18(22)10-19/h2-11,24H,1,12H2. The van der Waals surface area contributed by atoms with Crippen LogP contribution in [0, 0.1) is 0 Å². The van der Waals surface area contributed by atoms with Crippen LogP contribution in [0.4, 0.5) is 0 Å². The summed E-state index contributed by atoms with van der Waals surface area (Å²) in [4.78, 5) is 4.20. The van der Waals surface area contributed by atoms with Crippen LogP contribution in [0.3, 0.4) is 0 Å². The number of benzene rings is 2. The quantitative estimate of drug-likeness (QED) is 0.549. The number of aromatic nitrogens is 1. The van der Waals surface area contributed by atoms with Gasteiger partial charge in [-0.15, -0.1) is 0 Å².